The Morgan fingerprint density at radius 2 is 2.11 bits per heavy atom. The number of aromatic carboxylic acids is 1. The fourth-order valence-corrected chi connectivity index (χ4v) is 2.23. The average Bonchev–Trinajstić information content (AvgIpc) is 2.57. The van der Waals surface area contributed by atoms with Crippen LogP contribution in [0.25, 0.3) is 0 Å². The van der Waals surface area contributed by atoms with Crippen LogP contribution in [0.1, 0.15) is 16.8 Å². The van der Waals surface area contributed by atoms with Crippen LogP contribution in [-0.2, 0) is 4.79 Å². The predicted octanol–water partition coefficient (Wildman–Crippen LogP) is 2.01. The van der Waals surface area contributed by atoms with Crippen molar-refractivity contribution in [3.8, 4) is 0 Å². The third-order valence-corrected chi connectivity index (χ3v) is 3.24. The molecule has 1 aromatic rings. The number of carbonyl (C=O) groups is 2. The Morgan fingerprint density at radius 1 is 1.26 bits per heavy atom. The van der Waals surface area contributed by atoms with Gasteiger partial charge in [0.15, 0.2) is 5.78 Å². The molecule has 1 aliphatic heterocycles. The van der Waals surface area contributed by atoms with Crippen molar-refractivity contribution in [3.05, 3.63) is 47.2 Å². The number of rotatable bonds is 1. The predicted molar refractivity (Wildman–Crippen MR) is 71.3 cm³/mol. The minimum absolute atomic E-state index is 0.0868. The van der Waals surface area contributed by atoms with Crippen LogP contribution in [0.2, 0.25) is 0 Å². The Hall–Kier alpha value is -2.56. The lowest BCUT2D eigenvalue weighted by atomic mass is 10.0. The highest BCUT2D eigenvalue weighted by Gasteiger charge is 2.21. The summed E-state index contributed by atoms with van der Waals surface area (Å²) < 4.78 is 0. The summed E-state index contributed by atoms with van der Waals surface area (Å²) in [5.41, 5.74) is 3.12. The Kier molecular flexibility index (Phi) is 2.59. The highest BCUT2D eigenvalue weighted by molar-refractivity contribution is 6.01. The van der Waals surface area contributed by atoms with Gasteiger partial charge in [0.05, 0.1) is 16.9 Å². The van der Waals surface area contributed by atoms with Crippen molar-refractivity contribution in [3.63, 3.8) is 0 Å². The summed E-state index contributed by atoms with van der Waals surface area (Å²) in [6.07, 6.45) is 4.08. The molecule has 5 nitrogen and oxygen atoms in total. The van der Waals surface area contributed by atoms with Crippen LogP contribution >= 0.6 is 0 Å². The molecule has 0 saturated carbocycles. The van der Waals surface area contributed by atoms with Gasteiger partial charge in [-0.05, 0) is 24.3 Å². The van der Waals surface area contributed by atoms with E-state index >= 15 is 0 Å². The summed E-state index contributed by atoms with van der Waals surface area (Å²) in [6.45, 7) is 0.449. The Balaban J connectivity index is 2.03. The van der Waals surface area contributed by atoms with Crippen molar-refractivity contribution in [1.82, 2.24) is 0 Å². The number of nitrogens with one attached hydrogen (secondary N) is 2. The van der Waals surface area contributed by atoms with Gasteiger partial charge in [-0.1, -0.05) is 6.08 Å². The molecule has 2 aliphatic rings. The molecule has 0 atom stereocenters. The standard InChI is InChI=1S/C14H12N2O3/c17-13-3-1-2-10-9(13)7-15-11-5-4-8(14(18)19)6-12(11)16-10/h1-2,4-6,15-16H,3,7H2,(H,18,19). The van der Waals surface area contributed by atoms with Crippen LogP contribution < -0.4 is 10.6 Å². The van der Waals surface area contributed by atoms with Gasteiger partial charge in [-0.2, -0.15) is 0 Å². The lowest BCUT2D eigenvalue weighted by Crippen LogP contribution is -2.16. The van der Waals surface area contributed by atoms with Gasteiger partial charge in [0, 0.05) is 24.2 Å². The molecule has 1 aromatic carbocycles. The molecule has 3 rings (SSSR count). The molecule has 96 valence electrons. The van der Waals surface area contributed by atoms with Crippen molar-refractivity contribution in [2.75, 3.05) is 17.2 Å². The number of carbonyl (C=O) groups excluding carboxylic acids is 1. The van der Waals surface area contributed by atoms with Crippen molar-refractivity contribution in [1.29, 1.82) is 0 Å². The average molecular weight is 256 g/mol. The van der Waals surface area contributed by atoms with Crippen molar-refractivity contribution < 1.29 is 14.7 Å². The highest BCUT2D eigenvalue weighted by Crippen LogP contribution is 2.30. The second-order valence-corrected chi connectivity index (χ2v) is 4.47. The van der Waals surface area contributed by atoms with Crippen LogP contribution in [0, 0.1) is 0 Å². The minimum atomic E-state index is -0.974. The van der Waals surface area contributed by atoms with E-state index in [2.05, 4.69) is 10.6 Å². The molecule has 0 fully saturated rings. The van der Waals surface area contributed by atoms with Gasteiger partial charge >= 0.3 is 5.97 Å². The van der Waals surface area contributed by atoms with Crippen molar-refractivity contribution >= 4 is 23.1 Å². The number of hydrogen-bond acceptors (Lipinski definition) is 4. The second-order valence-electron chi connectivity index (χ2n) is 4.47. The number of benzene rings is 1. The monoisotopic (exact) mass is 256 g/mol. The third-order valence-electron chi connectivity index (χ3n) is 3.24. The second kappa shape index (κ2) is 4.28. The number of carboxylic acid groups (broad SMARTS) is 1. The number of anilines is 2. The van der Waals surface area contributed by atoms with E-state index in [-0.39, 0.29) is 11.3 Å². The zero-order valence-corrected chi connectivity index (χ0v) is 10.1. The molecule has 0 saturated heterocycles. The molecular weight excluding hydrogens is 244 g/mol. The quantitative estimate of drug-likeness (QED) is 0.716. The van der Waals surface area contributed by atoms with E-state index in [1.165, 1.54) is 6.07 Å². The number of ketones is 1. The summed E-state index contributed by atoms with van der Waals surface area (Å²) >= 11 is 0. The first-order valence-electron chi connectivity index (χ1n) is 5.96. The molecule has 0 bridgehead atoms. The number of Topliss-reactive ketones (excluding diaryl/α,β-unsaturated/α-hetero) is 1. The Bertz CT molecular complexity index is 644. The molecule has 19 heavy (non-hydrogen) atoms. The number of hydrogen-bond donors (Lipinski definition) is 3. The van der Waals surface area contributed by atoms with Crippen LogP contribution in [0.4, 0.5) is 11.4 Å². The summed E-state index contributed by atoms with van der Waals surface area (Å²) in [5, 5.41) is 15.3. The van der Waals surface area contributed by atoms with E-state index in [1.807, 2.05) is 6.08 Å². The van der Waals surface area contributed by atoms with Crippen LogP contribution in [-0.4, -0.2) is 23.4 Å². The lowest BCUT2D eigenvalue weighted by Gasteiger charge is -2.13. The zero-order valence-electron chi connectivity index (χ0n) is 10.1. The van der Waals surface area contributed by atoms with E-state index in [0.29, 0.717) is 24.2 Å². The molecule has 0 radical (unpaired) electrons. The summed E-state index contributed by atoms with van der Waals surface area (Å²) in [6, 6.07) is 4.81. The minimum Gasteiger partial charge on any atom is -0.478 e. The van der Waals surface area contributed by atoms with E-state index < -0.39 is 5.97 Å². The first-order valence-corrected chi connectivity index (χ1v) is 5.96. The zero-order chi connectivity index (χ0) is 13.4. The van der Waals surface area contributed by atoms with Gasteiger partial charge in [-0.25, -0.2) is 4.79 Å². The highest BCUT2D eigenvalue weighted by atomic mass is 16.4. The third kappa shape index (κ3) is 1.99. The molecule has 0 spiro atoms. The van der Waals surface area contributed by atoms with Crippen LogP contribution in [0.3, 0.4) is 0 Å². The molecule has 1 aliphatic carbocycles. The van der Waals surface area contributed by atoms with E-state index in [4.69, 9.17) is 5.11 Å². The first-order chi connectivity index (χ1) is 9.15. The SMILES string of the molecule is O=C1CC=CC2=C1CNc1ccc(C(=O)O)cc1N2. The fourth-order valence-electron chi connectivity index (χ4n) is 2.23. The van der Waals surface area contributed by atoms with E-state index in [0.717, 1.165) is 11.4 Å². The van der Waals surface area contributed by atoms with Gasteiger partial charge in [-0.15, -0.1) is 0 Å². The molecule has 0 aromatic heterocycles. The van der Waals surface area contributed by atoms with Gasteiger partial charge in [0.1, 0.15) is 0 Å². The Morgan fingerprint density at radius 3 is 2.89 bits per heavy atom. The molecule has 0 unspecified atom stereocenters. The largest absolute Gasteiger partial charge is 0.478 e. The van der Waals surface area contributed by atoms with Crippen LogP contribution in [0.15, 0.2) is 41.6 Å². The van der Waals surface area contributed by atoms with Gasteiger partial charge < -0.3 is 15.7 Å². The summed E-state index contributed by atoms with van der Waals surface area (Å²) in [7, 11) is 0. The van der Waals surface area contributed by atoms with E-state index in [1.54, 1.807) is 18.2 Å². The Labute approximate surface area is 109 Å². The smallest absolute Gasteiger partial charge is 0.335 e. The lowest BCUT2D eigenvalue weighted by molar-refractivity contribution is -0.114. The molecule has 1 heterocycles. The first kappa shape index (κ1) is 11.5. The normalized spacial score (nSPS) is 16.9. The molecule has 0 amide bonds. The number of fused-ring (bicyclic) bond motifs is 1. The molecular formula is C14H12N2O3. The van der Waals surface area contributed by atoms with Crippen molar-refractivity contribution in [2.45, 2.75) is 6.42 Å². The molecule has 5 heteroatoms. The van der Waals surface area contributed by atoms with Gasteiger partial charge in [-0.3, -0.25) is 4.79 Å². The fraction of sp³-hybridized carbons (Fsp3) is 0.143. The molecule has 3 N–H and O–H groups in total. The summed E-state index contributed by atoms with van der Waals surface area (Å²) in [5.74, 6) is -0.887. The van der Waals surface area contributed by atoms with Gasteiger partial charge in [0.25, 0.3) is 0 Å². The maximum absolute atomic E-state index is 11.8. The number of carboxylic acids is 1. The van der Waals surface area contributed by atoms with E-state index in [9.17, 15) is 9.59 Å². The maximum Gasteiger partial charge on any atom is 0.335 e. The topological polar surface area (TPSA) is 78.4 Å². The maximum atomic E-state index is 11.8. The number of allylic oxidation sites excluding steroid dienone is 2. The van der Waals surface area contributed by atoms with Crippen LogP contribution in [0.5, 0.6) is 0 Å². The van der Waals surface area contributed by atoms with Crippen molar-refractivity contribution in [2.24, 2.45) is 0 Å². The summed E-state index contributed by atoms with van der Waals surface area (Å²) in [4.78, 5) is 22.8. The van der Waals surface area contributed by atoms with Gasteiger partial charge in [0.2, 0.25) is 0 Å².